The second kappa shape index (κ2) is 12.0. The third-order valence-electron chi connectivity index (χ3n) is 9.49. The van der Waals surface area contributed by atoms with Gasteiger partial charge in [-0.3, -0.25) is 0 Å². The van der Waals surface area contributed by atoms with Gasteiger partial charge in [0.2, 0.25) is 0 Å². The molecular formula is C38H42Cl2SiZr. The van der Waals surface area contributed by atoms with Crippen LogP contribution in [0.1, 0.15) is 97.2 Å². The van der Waals surface area contributed by atoms with E-state index in [0.29, 0.717) is 11.8 Å². The first-order chi connectivity index (χ1) is 20.1. The van der Waals surface area contributed by atoms with Gasteiger partial charge in [-0.1, -0.05) is 0 Å². The van der Waals surface area contributed by atoms with Crippen molar-refractivity contribution in [1.29, 1.82) is 0 Å². The minimum absolute atomic E-state index is 0.130. The molecule has 0 saturated carbocycles. The summed E-state index contributed by atoms with van der Waals surface area (Å²) in [5.41, 5.74) is 13.8. The molecule has 2 aliphatic rings. The molecule has 0 aromatic heterocycles. The molecule has 4 aromatic rings. The second-order valence-electron chi connectivity index (χ2n) is 13.0. The van der Waals surface area contributed by atoms with E-state index in [9.17, 15) is 0 Å². The monoisotopic (exact) mass is 686 g/mol. The van der Waals surface area contributed by atoms with Crippen LogP contribution in [-0.2, 0) is 17.9 Å². The van der Waals surface area contributed by atoms with Crippen molar-refractivity contribution < 1.29 is 17.9 Å². The molecule has 4 heteroatoms. The molecule has 42 heavy (non-hydrogen) atoms. The SMILES string of the molecule is CCCCC1=Cc2c(ccc(C)c2-c2cc(C(C)C)cc(C(C)C)c2)[CH]1[Zr]([Cl])([Cl])[c]1cccc2c1[SiH2]c1ccccc1-2. The molecule has 0 N–H and O–H groups in total. The van der Waals surface area contributed by atoms with Crippen LogP contribution in [-0.4, -0.2) is 9.52 Å². The zero-order valence-corrected chi connectivity index (χ0v) is 31.2. The number of hydrogen-bond donors (Lipinski definition) is 0. The average molecular weight is 689 g/mol. The number of hydrogen-bond acceptors (Lipinski definition) is 0. The van der Waals surface area contributed by atoms with Crippen LogP contribution in [0.25, 0.3) is 28.3 Å². The number of rotatable bonds is 8. The molecular weight excluding hydrogens is 647 g/mol. The van der Waals surface area contributed by atoms with Gasteiger partial charge in [-0.05, 0) is 0 Å². The number of allylic oxidation sites excluding steroid dienone is 1. The first kappa shape index (κ1) is 30.3. The molecule has 1 atom stereocenters. The number of fused-ring (bicyclic) bond motifs is 4. The van der Waals surface area contributed by atoms with Crippen molar-refractivity contribution in [3.8, 4) is 22.3 Å². The number of halogens is 2. The molecule has 0 radical (unpaired) electrons. The van der Waals surface area contributed by atoms with E-state index in [-0.39, 0.29) is 3.63 Å². The zero-order valence-electron chi connectivity index (χ0n) is 25.8. The number of aryl methyl sites for hydroxylation is 1. The fourth-order valence-corrected chi connectivity index (χ4v) is 24.0. The van der Waals surface area contributed by atoms with Gasteiger partial charge in [0.15, 0.2) is 0 Å². The van der Waals surface area contributed by atoms with E-state index >= 15 is 0 Å². The van der Waals surface area contributed by atoms with Gasteiger partial charge >= 0.3 is 269 Å². The maximum absolute atomic E-state index is 7.92. The zero-order chi connectivity index (χ0) is 29.8. The Labute approximate surface area is 266 Å². The van der Waals surface area contributed by atoms with Gasteiger partial charge in [-0.25, -0.2) is 0 Å². The predicted octanol–water partition coefficient (Wildman–Crippen LogP) is 9.42. The van der Waals surface area contributed by atoms with Crippen LogP contribution in [0, 0.1) is 6.92 Å². The van der Waals surface area contributed by atoms with Gasteiger partial charge in [0.05, 0.1) is 0 Å². The topological polar surface area (TPSA) is 0 Å². The summed E-state index contributed by atoms with van der Waals surface area (Å²) in [5.74, 6) is 0.955. The summed E-state index contributed by atoms with van der Waals surface area (Å²) in [6.07, 6.45) is 5.88. The van der Waals surface area contributed by atoms with E-state index in [1.807, 2.05) is 0 Å². The van der Waals surface area contributed by atoms with E-state index in [0.717, 1.165) is 19.3 Å². The van der Waals surface area contributed by atoms with Crippen molar-refractivity contribution in [2.75, 3.05) is 0 Å². The molecule has 1 aliphatic heterocycles. The maximum atomic E-state index is 7.92. The summed E-state index contributed by atoms with van der Waals surface area (Å²) in [7, 11) is 15.2. The standard InChI is InChI=1S/C26H33.C12H9Si.2ClH.Zr/c1-7-8-9-20-12-21-11-10-19(6)26(25(21)13-20)24-15-22(17(2)3)14-23(16-24)18(4)5;1-3-7-11-9(5-1)10-6-2-4-8-12(10)13-11;;;/h10-18H,7-9H2,1-6H3;1-7H,13H2;2*1H;/q;;;;+2/p-2. The molecule has 4 aromatic carbocycles. The summed E-state index contributed by atoms with van der Waals surface area (Å²) < 4.78 is 1.45. The van der Waals surface area contributed by atoms with E-state index < -0.39 is 27.4 Å². The van der Waals surface area contributed by atoms with E-state index in [1.54, 1.807) is 0 Å². The number of benzene rings is 4. The van der Waals surface area contributed by atoms with Crippen LogP contribution in [0.2, 0.25) is 0 Å². The fraction of sp³-hybridized carbons (Fsp3) is 0.316. The van der Waals surface area contributed by atoms with Crippen molar-refractivity contribution in [2.45, 2.75) is 76.3 Å². The first-order valence-corrected chi connectivity index (χ1v) is 26.1. The van der Waals surface area contributed by atoms with Crippen LogP contribution in [0.3, 0.4) is 0 Å². The van der Waals surface area contributed by atoms with Gasteiger partial charge in [0.25, 0.3) is 0 Å². The Morgan fingerprint density at radius 1 is 0.833 bits per heavy atom. The van der Waals surface area contributed by atoms with Gasteiger partial charge in [-0.2, -0.15) is 0 Å². The first-order valence-electron chi connectivity index (χ1n) is 15.7. The van der Waals surface area contributed by atoms with E-state index in [2.05, 4.69) is 120 Å². The summed E-state index contributed by atoms with van der Waals surface area (Å²) >= 11 is -3.99. The average Bonchev–Trinajstić information content (AvgIpc) is 3.54. The molecule has 0 saturated heterocycles. The Morgan fingerprint density at radius 3 is 2.21 bits per heavy atom. The van der Waals surface area contributed by atoms with Crippen LogP contribution in [0.5, 0.6) is 0 Å². The van der Waals surface area contributed by atoms with E-state index in [1.165, 1.54) is 69.3 Å². The molecule has 0 spiro atoms. The molecule has 0 bridgehead atoms. The van der Waals surface area contributed by atoms with Crippen LogP contribution in [0.4, 0.5) is 0 Å². The molecule has 1 unspecified atom stereocenters. The van der Waals surface area contributed by atoms with Crippen molar-refractivity contribution in [3.63, 3.8) is 0 Å². The summed E-state index contributed by atoms with van der Waals surface area (Å²) in [6, 6.07) is 27.7. The number of unbranched alkanes of at least 4 members (excludes halogenated alkanes) is 1. The molecule has 1 aliphatic carbocycles. The van der Waals surface area contributed by atoms with Crippen LogP contribution in [0.15, 0.2) is 78.4 Å². The molecule has 6 rings (SSSR count). The Morgan fingerprint density at radius 2 is 1.52 bits per heavy atom. The quantitative estimate of drug-likeness (QED) is 0.143. The summed E-state index contributed by atoms with van der Waals surface area (Å²) in [5, 5.41) is 3.02. The van der Waals surface area contributed by atoms with Gasteiger partial charge < -0.3 is 0 Å². The Kier molecular flexibility index (Phi) is 8.67. The normalized spacial score (nSPS) is 16.2. The van der Waals surface area contributed by atoms with Crippen LogP contribution >= 0.6 is 17.0 Å². The Bertz CT molecular complexity index is 1670. The molecule has 216 valence electrons. The van der Waals surface area contributed by atoms with Gasteiger partial charge in [-0.15, -0.1) is 0 Å². The minimum atomic E-state index is -3.99. The summed E-state index contributed by atoms with van der Waals surface area (Å²) in [4.78, 5) is 0. The third kappa shape index (κ3) is 5.30. The summed E-state index contributed by atoms with van der Waals surface area (Å²) in [6.45, 7) is 13.7. The fourth-order valence-electron chi connectivity index (χ4n) is 7.14. The van der Waals surface area contributed by atoms with Crippen molar-refractivity contribution in [3.05, 3.63) is 106 Å². The Balaban J connectivity index is 1.53. The third-order valence-corrected chi connectivity index (χ3v) is 23.8. The molecule has 0 amide bonds. The molecule has 1 heterocycles. The molecule has 0 nitrogen and oxygen atoms in total. The van der Waals surface area contributed by atoms with E-state index in [4.69, 9.17) is 17.0 Å². The second-order valence-corrected chi connectivity index (χ2v) is 28.8. The van der Waals surface area contributed by atoms with Crippen molar-refractivity contribution in [1.82, 2.24) is 0 Å². The van der Waals surface area contributed by atoms with Gasteiger partial charge in [0, 0.05) is 0 Å². The van der Waals surface area contributed by atoms with Crippen molar-refractivity contribution in [2.24, 2.45) is 0 Å². The predicted molar refractivity (Wildman–Crippen MR) is 186 cm³/mol. The van der Waals surface area contributed by atoms with Crippen LogP contribution < -0.4 is 13.6 Å². The van der Waals surface area contributed by atoms with Gasteiger partial charge in [0.1, 0.15) is 0 Å². The molecule has 0 fully saturated rings. The Hall–Kier alpha value is -1.70. The van der Waals surface area contributed by atoms with Crippen molar-refractivity contribution >= 4 is 46.3 Å².